The van der Waals surface area contributed by atoms with Gasteiger partial charge in [-0.15, -0.1) is 0 Å². The van der Waals surface area contributed by atoms with Crippen LogP contribution in [0.4, 0.5) is 0 Å². The summed E-state index contributed by atoms with van der Waals surface area (Å²) in [4.78, 5) is 0. The molecule has 2 N–H and O–H groups in total. The monoisotopic (exact) mass is 137 g/mol. The van der Waals surface area contributed by atoms with E-state index in [0.717, 1.165) is 25.8 Å². The molecule has 0 aromatic rings. The second kappa shape index (κ2) is 8.26. The average molecular weight is 137 g/mol. The average Bonchev–Trinajstić information content (AvgIpc) is 1.97. The summed E-state index contributed by atoms with van der Waals surface area (Å²) in [6.45, 7) is 2.81. The number of unbranched alkanes of at least 4 members (excludes halogenated alkanes) is 1. The van der Waals surface area contributed by atoms with Crippen LogP contribution in [0.15, 0.2) is 12.2 Å². The van der Waals surface area contributed by atoms with Gasteiger partial charge < -0.3 is 5.73 Å². The number of hydrogen-bond acceptors (Lipinski definition) is 1. The Kier molecular flexibility index (Phi) is 7.65. The van der Waals surface area contributed by atoms with E-state index in [0.29, 0.717) is 0 Å². The molecule has 0 aromatic carbocycles. The molecule has 56 valence electrons. The summed E-state index contributed by atoms with van der Waals surface area (Å²) in [5.41, 5.74) is 5.30. The quantitative estimate of drug-likeness (QED) is 0.465. The summed E-state index contributed by atoms with van der Waals surface area (Å²) in [5.74, 6) is 5.88. The molecular formula is C9H15N. The standard InChI is InChI=1S/C9H15N/c1-2-3-4-5-6-7-8-9-10/h5-6H,2,7-10H2,1H3/b6-5-. The molecule has 0 heterocycles. The number of nitrogens with two attached hydrogens (primary N) is 1. The van der Waals surface area contributed by atoms with Crippen molar-refractivity contribution in [1.82, 2.24) is 0 Å². The van der Waals surface area contributed by atoms with Crippen LogP contribution in [0.3, 0.4) is 0 Å². The van der Waals surface area contributed by atoms with Crippen LogP contribution in [0.1, 0.15) is 26.2 Å². The first-order valence-electron chi connectivity index (χ1n) is 3.75. The van der Waals surface area contributed by atoms with Crippen molar-refractivity contribution in [3.63, 3.8) is 0 Å². The molecule has 0 amide bonds. The molecule has 0 saturated heterocycles. The van der Waals surface area contributed by atoms with Crippen LogP contribution in [0.25, 0.3) is 0 Å². The molecule has 1 heteroatoms. The zero-order valence-corrected chi connectivity index (χ0v) is 6.56. The molecule has 1 nitrogen and oxygen atoms in total. The molecule has 0 aromatic heterocycles. The highest BCUT2D eigenvalue weighted by Gasteiger charge is 1.74. The molecule has 0 atom stereocenters. The largest absolute Gasteiger partial charge is 0.330 e. The smallest absolute Gasteiger partial charge is 0.00637 e. The Bertz CT molecular complexity index is 137. The van der Waals surface area contributed by atoms with Crippen molar-refractivity contribution < 1.29 is 0 Å². The van der Waals surface area contributed by atoms with Gasteiger partial charge in [-0.1, -0.05) is 24.8 Å². The summed E-state index contributed by atoms with van der Waals surface area (Å²) in [5, 5.41) is 0. The van der Waals surface area contributed by atoms with Gasteiger partial charge in [-0.25, -0.2) is 0 Å². The van der Waals surface area contributed by atoms with Crippen LogP contribution in [-0.4, -0.2) is 6.54 Å². The van der Waals surface area contributed by atoms with Gasteiger partial charge in [0.05, 0.1) is 0 Å². The molecule has 0 radical (unpaired) electrons. The van der Waals surface area contributed by atoms with Crippen molar-refractivity contribution in [3.05, 3.63) is 12.2 Å². The summed E-state index contributed by atoms with van der Waals surface area (Å²) < 4.78 is 0. The molecule has 0 aliphatic heterocycles. The van der Waals surface area contributed by atoms with E-state index in [1.807, 2.05) is 13.0 Å². The van der Waals surface area contributed by atoms with Crippen LogP contribution in [0.5, 0.6) is 0 Å². The highest BCUT2D eigenvalue weighted by atomic mass is 14.5. The second-order valence-corrected chi connectivity index (χ2v) is 2.01. The minimum absolute atomic E-state index is 0.769. The van der Waals surface area contributed by atoms with E-state index in [1.165, 1.54) is 0 Å². The Morgan fingerprint density at radius 1 is 1.50 bits per heavy atom. The minimum Gasteiger partial charge on any atom is -0.330 e. The molecule has 0 spiro atoms. The molecule has 0 fully saturated rings. The van der Waals surface area contributed by atoms with Crippen molar-refractivity contribution in [1.29, 1.82) is 0 Å². The van der Waals surface area contributed by atoms with E-state index in [4.69, 9.17) is 5.73 Å². The van der Waals surface area contributed by atoms with Gasteiger partial charge in [0.1, 0.15) is 0 Å². The Balaban J connectivity index is 3.19. The Hall–Kier alpha value is -0.740. The lowest BCUT2D eigenvalue weighted by Crippen LogP contribution is -1.96. The van der Waals surface area contributed by atoms with Crippen molar-refractivity contribution >= 4 is 0 Å². The van der Waals surface area contributed by atoms with Crippen LogP contribution in [0.2, 0.25) is 0 Å². The van der Waals surface area contributed by atoms with Gasteiger partial charge in [0, 0.05) is 6.42 Å². The molecule has 0 saturated carbocycles. The van der Waals surface area contributed by atoms with E-state index in [1.54, 1.807) is 0 Å². The van der Waals surface area contributed by atoms with Gasteiger partial charge in [-0.2, -0.15) is 0 Å². The van der Waals surface area contributed by atoms with Crippen molar-refractivity contribution in [2.24, 2.45) is 5.73 Å². The third kappa shape index (κ3) is 7.26. The zero-order valence-electron chi connectivity index (χ0n) is 6.56. The number of allylic oxidation sites excluding steroid dienone is 2. The Labute approximate surface area is 63.3 Å². The molecule has 0 aliphatic rings. The summed E-state index contributed by atoms with van der Waals surface area (Å²) in [6.07, 6.45) is 7.01. The molecular weight excluding hydrogens is 122 g/mol. The molecule has 0 rings (SSSR count). The van der Waals surface area contributed by atoms with Gasteiger partial charge in [-0.3, -0.25) is 0 Å². The second-order valence-electron chi connectivity index (χ2n) is 2.01. The fraction of sp³-hybridized carbons (Fsp3) is 0.556. The van der Waals surface area contributed by atoms with Crippen molar-refractivity contribution in [2.45, 2.75) is 26.2 Å². The fourth-order valence-corrected chi connectivity index (χ4v) is 0.539. The number of hydrogen-bond donors (Lipinski definition) is 1. The molecule has 0 bridgehead atoms. The van der Waals surface area contributed by atoms with Gasteiger partial charge in [0.25, 0.3) is 0 Å². The van der Waals surface area contributed by atoms with Gasteiger partial charge >= 0.3 is 0 Å². The van der Waals surface area contributed by atoms with Crippen molar-refractivity contribution in [2.75, 3.05) is 6.54 Å². The lowest BCUT2D eigenvalue weighted by Gasteiger charge is -1.84. The van der Waals surface area contributed by atoms with Crippen LogP contribution < -0.4 is 5.73 Å². The number of rotatable bonds is 3. The highest BCUT2D eigenvalue weighted by molar-refractivity contribution is 5.14. The summed E-state index contributed by atoms with van der Waals surface area (Å²) in [6, 6.07) is 0. The first-order chi connectivity index (χ1) is 4.91. The lowest BCUT2D eigenvalue weighted by molar-refractivity contribution is 0.855. The SMILES string of the molecule is CCC#C/C=C\CCCN. The van der Waals surface area contributed by atoms with E-state index >= 15 is 0 Å². The van der Waals surface area contributed by atoms with Crippen LogP contribution in [-0.2, 0) is 0 Å². The predicted octanol–water partition coefficient (Wildman–Crippen LogP) is 1.69. The van der Waals surface area contributed by atoms with E-state index < -0.39 is 0 Å². The highest BCUT2D eigenvalue weighted by Crippen LogP contribution is 1.86. The Morgan fingerprint density at radius 3 is 2.90 bits per heavy atom. The van der Waals surface area contributed by atoms with Gasteiger partial charge in [0.15, 0.2) is 0 Å². The first kappa shape index (κ1) is 9.26. The van der Waals surface area contributed by atoms with Crippen LogP contribution in [0, 0.1) is 11.8 Å². The predicted molar refractivity (Wildman–Crippen MR) is 45.5 cm³/mol. The third-order valence-corrected chi connectivity index (χ3v) is 1.05. The molecule has 0 aliphatic carbocycles. The zero-order chi connectivity index (χ0) is 7.66. The molecule has 0 unspecified atom stereocenters. The van der Waals surface area contributed by atoms with E-state index in [-0.39, 0.29) is 0 Å². The summed E-state index contributed by atoms with van der Waals surface area (Å²) >= 11 is 0. The summed E-state index contributed by atoms with van der Waals surface area (Å²) in [7, 11) is 0. The van der Waals surface area contributed by atoms with Gasteiger partial charge in [-0.05, 0) is 25.5 Å². The van der Waals surface area contributed by atoms with Crippen molar-refractivity contribution in [3.8, 4) is 11.8 Å². The maximum Gasteiger partial charge on any atom is 0.00637 e. The molecule has 10 heavy (non-hydrogen) atoms. The van der Waals surface area contributed by atoms with Gasteiger partial charge in [0.2, 0.25) is 0 Å². The fourth-order valence-electron chi connectivity index (χ4n) is 0.539. The lowest BCUT2D eigenvalue weighted by atomic mass is 10.3. The maximum atomic E-state index is 5.30. The normalized spacial score (nSPS) is 9.40. The van der Waals surface area contributed by atoms with E-state index in [2.05, 4.69) is 17.9 Å². The van der Waals surface area contributed by atoms with E-state index in [9.17, 15) is 0 Å². The minimum atomic E-state index is 0.769. The third-order valence-electron chi connectivity index (χ3n) is 1.05. The topological polar surface area (TPSA) is 26.0 Å². The van der Waals surface area contributed by atoms with Crippen LogP contribution >= 0.6 is 0 Å². The Morgan fingerprint density at radius 2 is 2.30 bits per heavy atom. The first-order valence-corrected chi connectivity index (χ1v) is 3.75. The maximum absolute atomic E-state index is 5.30.